The second-order valence-corrected chi connectivity index (χ2v) is 8.83. The Balaban J connectivity index is 1.21. The minimum Gasteiger partial charge on any atom is -0.351 e. The van der Waals surface area contributed by atoms with Gasteiger partial charge in [-0.05, 0) is 56.3 Å². The van der Waals surface area contributed by atoms with E-state index in [9.17, 15) is 4.79 Å². The number of amides is 1. The molecule has 0 spiro atoms. The van der Waals surface area contributed by atoms with Gasteiger partial charge in [0.25, 0.3) is 5.91 Å². The molecule has 2 aromatic heterocycles. The summed E-state index contributed by atoms with van der Waals surface area (Å²) < 4.78 is 0. The molecule has 6 nitrogen and oxygen atoms in total. The molecule has 31 heavy (non-hydrogen) atoms. The van der Waals surface area contributed by atoms with Crippen LogP contribution in [0, 0.1) is 0 Å². The first-order chi connectivity index (χ1) is 15.2. The topological polar surface area (TPSA) is 73.9 Å². The minimum absolute atomic E-state index is 0.0368. The Labute approximate surface area is 185 Å². The third kappa shape index (κ3) is 4.73. The summed E-state index contributed by atoms with van der Waals surface area (Å²) in [6, 6.07) is 17.9. The molecular formula is C24H25N5OS. The number of rotatable bonds is 7. The highest BCUT2D eigenvalue weighted by Gasteiger charge is 2.13. The van der Waals surface area contributed by atoms with Crippen LogP contribution >= 0.6 is 11.8 Å². The lowest BCUT2D eigenvalue weighted by Gasteiger charge is -2.14. The van der Waals surface area contributed by atoms with Crippen LogP contribution in [0.5, 0.6) is 0 Å². The van der Waals surface area contributed by atoms with Crippen molar-refractivity contribution in [2.45, 2.75) is 23.8 Å². The molecule has 0 unspecified atom stereocenters. The molecule has 0 aliphatic carbocycles. The predicted octanol–water partition coefficient (Wildman–Crippen LogP) is 4.23. The van der Waals surface area contributed by atoms with Gasteiger partial charge >= 0.3 is 0 Å². The molecule has 0 bridgehead atoms. The average Bonchev–Trinajstić information content (AvgIpc) is 3.46. The summed E-state index contributed by atoms with van der Waals surface area (Å²) >= 11 is 1.61. The van der Waals surface area contributed by atoms with Crippen LogP contribution in [0.4, 0.5) is 0 Å². The zero-order chi connectivity index (χ0) is 21.0. The maximum absolute atomic E-state index is 12.5. The molecule has 4 aromatic rings. The Morgan fingerprint density at radius 1 is 1.03 bits per heavy atom. The van der Waals surface area contributed by atoms with Gasteiger partial charge in [0, 0.05) is 29.8 Å². The zero-order valence-electron chi connectivity index (χ0n) is 17.3. The fraction of sp³-hybridized carbons (Fsp3) is 0.292. The van der Waals surface area contributed by atoms with Gasteiger partial charge < -0.3 is 15.2 Å². The van der Waals surface area contributed by atoms with Gasteiger partial charge in [-0.2, -0.15) is 0 Å². The highest BCUT2D eigenvalue weighted by atomic mass is 32.2. The molecule has 1 amide bonds. The van der Waals surface area contributed by atoms with Crippen molar-refractivity contribution in [2.75, 3.05) is 26.2 Å². The van der Waals surface area contributed by atoms with Crippen LogP contribution < -0.4 is 5.32 Å². The largest absolute Gasteiger partial charge is 0.351 e. The third-order valence-corrected chi connectivity index (χ3v) is 6.55. The molecule has 7 heteroatoms. The number of H-pyrrole nitrogens is 1. The first-order valence-electron chi connectivity index (χ1n) is 10.7. The van der Waals surface area contributed by atoms with Crippen LogP contribution in [-0.2, 0) is 5.75 Å². The lowest BCUT2D eigenvalue weighted by atomic mass is 10.2. The van der Waals surface area contributed by atoms with E-state index in [1.165, 1.54) is 12.8 Å². The highest BCUT2D eigenvalue weighted by molar-refractivity contribution is 7.98. The second kappa shape index (κ2) is 9.08. The van der Waals surface area contributed by atoms with E-state index in [0.717, 1.165) is 58.2 Å². The molecule has 158 valence electrons. The van der Waals surface area contributed by atoms with E-state index in [1.807, 2.05) is 36.4 Å². The smallest absolute Gasteiger partial charge is 0.251 e. The molecule has 1 saturated heterocycles. The van der Waals surface area contributed by atoms with Crippen molar-refractivity contribution in [1.29, 1.82) is 0 Å². The SMILES string of the molecule is O=C(NCCN1CCCC1)c1ccc2nc(SCc3ccc4ccccc4n3)[nH]c2c1. The van der Waals surface area contributed by atoms with E-state index in [-0.39, 0.29) is 5.91 Å². The number of aromatic amines is 1. The summed E-state index contributed by atoms with van der Waals surface area (Å²) in [4.78, 5) is 27.6. The van der Waals surface area contributed by atoms with Crippen molar-refractivity contribution in [1.82, 2.24) is 25.2 Å². The second-order valence-electron chi connectivity index (χ2n) is 7.86. The fourth-order valence-corrected chi connectivity index (χ4v) is 4.75. The normalized spacial score (nSPS) is 14.5. The number of carbonyl (C=O) groups is 1. The van der Waals surface area contributed by atoms with Gasteiger partial charge in [-0.3, -0.25) is 9.78 Å². The van der Waals surface area contributed by atoms with Crippen molar-refractivity contribution in [2.24, 2.45) is 0 Å². The van der Waals surface area contributed by atoms with Crippen LogP contribution in [0.25, 0.3) is 21.9 Å². The summed E-state index contributed by atoms with van der Waals surface area (Å²) in [5.74, 6) is 0.694. The fourth-order valence-electron chi connectivity index (χ4n) is 3.96. The van der Waals surface area contributed by atoms with E-state index in [1.54, 1.807) is 11.8 Å². The van der Waals surface area contributed by atoms with Crippen molar-refractivity contribution >= 4 is 39.6 Å². The Bertz CT molecular complexity index is 1220. The van der Waals surface area contributed by atoms with Crippen LogP contribution in [-0.4, -0.2) is 51.9 Å². The number of carbonyl (C=O) groups excluding carboxylic acids is 1. The number of para-hydroxylation sites is 1. The van der Waals surface area contributed by atoms with Crippen LogP contribution in [0.1, 0.15) is 28.9 Å². The van der Waals surface area contributed by atoms with E-state index in [2.05, 4.69) is 38.4 Å². The molecule has 3 heterocycles. The van der Waals surface area contributed by atoms with Gasteiger partial charge in [0.2, 0.25) is 0 Å². The summed E-state index contributed by atoms with van der Waals surface area (Å²) in [5.41, 5.74) is 4.42. The number of aromatic nitrogens is 3. The van der Waals surface area contributed by atoms with Crippen LogP contribution in [0.3, 0.4) is 0 Å². The number of thioether (sulfide) groups is 1. The number of benzene rings is 2. The number of imidazole rings is 1. The number of nitrogens with one attached hydrogen (secondary N) is 2. The van der Waals surface area contributed by atoms with Crippen LogP contribution in [0.2, 0.25) is 0 Å². The number of nitrogens with zero attached hydrogens (tertiary/aromatic N) is 3. The summed E-state index contributed by atoms with van der Waals surface area (Å²) in [6.45, 7) is 3.89. The van der Waals surface area contributed by atoms with Crippen molar-refractivity contribution in [3.63, 3.8) is 0 Å². The summed E-state index contributed by atoms with van der Waals surface area (Å²) in [5, 5.41) is 5.00. The quantitative estimate of drug-likeness (QED) is 0.429. The Morgan fingerprint density at radius 2 is 1.90 bits per heavy atom. The maximum Gasteiger partial charge on any atom is 0.251 e. The first-order valence-corrected chi connectivity index (χ1v) is 11.7. The van der Waals surface area contributed by atoms with Crippen molar-refractivity contribution in [3.8, 4) is 0 Å². The molecule has 0 saturated carbocycles. The number of fused-ring (bicyclic) bond motifs is 2. The number of hydrogen-bond acceptors (Lipinski definition) is 5. The molecule has 1 aliphatic rings. The van der Waals surface area contributed by atoms with E-state index in [0.29, 0.717) is 12.1 Å². The van der Waals surface area contributed by atoms with Crippen molar-refractivity contribution < 1.29 is 4.79 Å². The minimum atomic E-state index is -0.0368. The monoisotopic (exact) mass is 431 g/mol. The van der Waals surface area contributed by atoms with Gasteiger partial charge in [0.05, 0.1) is 22.2 Å². The summed E-state index contributed by atoms with van der Waals surface area (Å²) in [6.07, 6.45) is 2.53. The van der Waals surface area contributed by atoms with Gasteiger partial charge in [-0.25, -0.2) is 4.98 Å². The van der Waals surface area contributed by atoms with Gasteiger partial charge in [-0.1, -0.05) is 36.0 Å². The zero-order valence-corrected chi connectivity index (χ0v) is 18.1. The van der Waals surface area contributed by atoms with Crippen LogP contribution in [0.15, 0.2) is 59.8 Å². The average molecular weight is 432 g/mol. The van der Waals surface area contributed by atoms with Gasteiger partial charge in [-0.15, -0.1) is 0 Å². The Morgan fingerprint density at radius 3 is 2.81 bits per heavy atom. The maximum atomic E-state index is 12.5. The predicted molar refractivity (Wildman–Crippen MR) is 125 cm³/mol. The molecule has 0 radical (unpaired) electrons. The number of hydrogen-bond donors (Lipinski definition) is 2. The molecule has 2 aromatic carbocycles. The van der Waals surface area contributed by atoms with Crippen molar-refractivity contribution in [3.05, 3.63) is 65.9 Å². The molecule has 1 aliphatic heterocycles. The Kier molecular flexibility index (Phi) is 5.86. The van der Waals surface area contributed by atoms with Gasteiger partial charge in [0.1, 0.15) is 0 Å². The molecule has 5 rings (SSSR count). The lowest BCUT2D eigenvalue weighted by molar-refractivity contribution is 0.0950. The van der Waals surface area contributed by atoms with E-state index >= 15 is 0 Å². The third-order valence-electron chi connectivity index (χ3n) is 5.65. The highest BCUT2D eigenvalue weighted by Crippen LogP contribution is 2.24. The molecule has 2 N–H and O–H groups in total. The standard InChI is InChI=1S/C24H25N5OS/c30-23(25-11-14-29-12-3-4-13-29)18-8-10-21-22(15-18)28-24(27-21)31-16-19-9-7-17-5-1-2-6-20(17)26-19/h1-2,5-10,15H,3-4,11-14,16H2,(H,25,30)(H,27,28). The molecular weight excluding hydrogens is 406 g/mol. The Hall–Kier alpha value is -2.90. The first kappa shape index (κ1) is 20.0. The number of pyridine rings is 1. The summed E-state index contributed by atoms with van der Waals surface area (Å²) in [7, 11) is 0. The van der Waals surface area contributed by atoms with E-state index in [4.69, 9.17) is 4.98 Å². The lowest BCUT2D eigenvalue weighted by Crippen LogP contribution is -2.33. The molecule has 1 fully saturated rings. The van der Waals surface area contributed by atoms with E-state index < -0.39 is 0 Å². The van der Waals surface area contributed by atoms with Gasteiger partial charge in [0.15, 0.2) is 5.16 Å². The molecule has 0 atom stereocenters. The number of likely N-dealkylation sites (tertiary alicyclic amines) is 1.